The minimum absolute atomic E-state index is 0.587. The van der Waals surface area contributed by atoms with Crippen LogP contribution < -0.4 is 5.43 Å². The molecule has 0 heterocycles. The maximum atomic E-state index is 10.2. The summed E-state index contributed by atoms with van der Waals surface area (Å²) in [5.41, 5.74) is 3.03. The second-order valence-corrected chi connectivity index (χ2v) is 2.74. The van der Waals surface area contributed by atoms with E-state index in [0.717, 1.165) is 0 Å². The van der Waals surface area contributed by atoms with Gasteiger partial charge in [0.25, 0.3) is 0 Å². The Morgan fingerprint density at radius 3 is 2.25 bits per heavy atom. The van der Waals surface area contributed by atoms with Gasteiger partial charge in [-0.1, -0.05) is 18.2 Å². The summed E-state index contributed by atoms with van der Waals surface area (Å²) in [5.74, 6) is 0. The van der Waals surface area contributed by atoms with Crippen molar-refractivity contribution in [3.63, 3.8) is 0 Å². The number of nitro groups is 2. The van der Waals surface area contributed by atoms with Crippen molar-refractivity contribution in [2.24, 2.45) is 5.10 Å². The predicted octanol–water partition coefficient (Wildman–Crippen LogP) is 0.964. The summed E-state index contributed by atoms with van der Waals surface area (Å²) in [5, 5.41) is 23.9. The molecule has 0 radical (unpaired) electrons. The summed E-state index contributed by atoms with van der Waals surface area (Å²) in [6.07, 6.45) is -1.40. The van der Waals surface area contributed by atoms with E-state index >= 15 is 0 Å². The van der Waals surface area contributed by atoms with Crippen LogP contribution in [0.25, 0.3) is 0 Å². The van der Waals surface area contributed by atoms with Gasteiger partial charge in [0.05, 0.1) is 5.69 Å². The summed E-state index contributed by atoms with van der Waals surface area (Å²) < 4.78 is 0. The lowest BCUT2D eigenvalue weighted by atomic mass is 10.3. The van der Waals surface area contributed by atoms with Gasteiger partial charge in [-0.25, -0.2) is 0 Å². The molecule has 0 saturated carbocycles. The monoisotopic (exact) mass is 224 g/mol. The van der Waals surface area contributed by atoms with E-state index in [1.165, 1.54) is 0 Å². The molecule has 1 N–H and O–H groups in total. The summed E-state index contributed by atoms with van der Waals surface area (Å²) in [4.78, 5) is 18.4. The summed E-state index contributed by atoms with van der Waals surface area (Å²) in [7, 11) is 0. The van der Waals surface area contributed by atoms with Crippen molar-refractivity contribution in [1.82, 2.24) is 0 Å². The molecule has 1 aromatic carbocycles. The lowest BCUT2D eigenvalue weighted by Gasteiger charge is -1.98. The van der Waals surface area contributed by atoms with E-state index in [4.69, 9.17) is 0 Å². The third-order valence-corrected chi connectivity index (χ3v) is 1.61. The van der Waals surface area contributed by atoms with E-state index in [9.17, 15) is 20.2 Å². The largest absolute Gasteiger partial charge is 0.488 e. The Bertz CT molecular complexity index is 392. The molecule has 84 valence electrons. The van der Waals surface area contributed by atoms with Crippen molar-refractivity contribution in [2.45, 2.75) is 6.17 Å². The van der Waals surface area contributed by atoms with Crippen molar-refractivity contribution < 1.29 is 9.85 Å². The maximum absolute atomic E-state index is 10.2. The predicted molar refractivity (Wildman–Crippen MR) is 56.3 cm³/mol. The molecule has 0 bridgehead atoms. The molecular formula is C8H8N4O4. The molecule has 0 atom stereocenters. The summed E-state index contributed by atoms with van der Waals surface area (Å²) >= 11 is 0. The third-order valence-electron chi connectivity index (χ3n) is 1.61. The van der Waals surface area contributed by atoms with Gasteiger partial charge in [-0.05, 0) is 12.1 Å². The fourth-order valence-electron chi connectivity index (χ4n) is 0.877. The molecule has 0 aliphatic heterocycles. The number of hydrogen-bond donors (Lipinski definition) is 1. The van der Waals surface area contributed by atoms with Gasteiger partial charge in [0, 0.05) is 0 Å². The van der Waals surface area contributed by atoms with Crippen LogP contribution in [0.3, 0.4) is 0 Å². The Kier molecular flexibility index (Phi) is 3.90. The Morgan fingerprint density at radius 1 is 1.19 bits per heavy atom. The third kappa shape index (κ3) is 3.33. The lowest BCUT2D eigenvalue weighted by molar-refractivity contribution is -0.718. The molecule has 8 nitrogen and oxygen atoms in total. The van der Waals surface area contributed by atoms with Crippen molar-refractivity contribution in [3.05, 3.63) is 50.6 Å². The normalized spacial score (nSPS) is 10.6. The van der Waals surface area contributed by atoms with E-state index < -0.39 is 16.0 Å². The SMILES string of the molecule is O=[N+]([O-])C(C=NNc1ccccc1)[N+](=O)[O-]. The average molecular weight is 224 g/mol. The molecule has 0 spiro atoms. The number of nitrogens with one attached hydrogen (secondary N) is 1. The number of nitrogens with zero attached hydrogens (tertiary/aromatic N) is 3. The second kappa shape index (κ2) is 5.39. The first kappa shape index (κ1) is 11.6. The highest BCUT2D eigenvalue weighted by Crippen LogP contribution is 2.04. The summed E-state index contributed by atoms with van der Waals surface area (Å²) in [6, 6.07) is 8.59. The molecule has 0 saturated heterocycles. The van der Waals surface area contributed by atoms with E-state index in [1.54, 1.807) is 30.3 Å². The number of rotatable bonds is 5. The average Bonchev–Trinajstić information content (AvgIpc) is 2.24. The smallest absolute Gasteiger partial charge is 0.278 e. The second-order valence-electron chi connectivity index (χ2n) is 2.74. The highest BCUT2D eigenvalue weighted by atomic mass is 16.7. The van der Waals surface area contributed by atoms with Crippen LogP contribution in [0, 0.1) is 20.2 Å². The van der Waals surface area contributed by atoms with Gasteiger partial charge in [-0.3, -0.25) is 25.7 Å². The molecule has 0 aromatic heterocycles. The van der Waals surface area contributed by atoms with E-state index in [0.29, 0.717) is 11.9 Å². The molecule has 0 aliphatic carbocycles. The molecule has 8 heteroatoms. The fraction of sp³-hybridized carbons (Fsp3) is 0.125. The van der Waals surface area contributed by atoms with E-state index in [2.05, 4.69) is 10.5 Å². The molecule has 0 aliphatic rings. The maximum Gasteiger partial charge on any atom is 0.488 e. The molecule has 1 aromatic rings. The zero-order valence-corrected chi connectivity index (χ0v) is 8.02. The molecule has 0 amide bonds. The van der Waals surface area contributed by atoms with Crippen LogP contribution in [0.1, 0.15) is 0 Å². The zero-order chi connectivity index (χ0) is 12.0. The number of benzene rings is 1. The first-order valence-corrected chi connectivity index (χ1v) is 4.22. The lowest BCUT2D eigenvalue weighted by Crippen LogP contribution is -2.30. The van der Waals surface area contributed by atoms with Gasteiger partial charge in [0.15, 0.2) is 6.21 Å². The van der Waals surface area contributed by atoms with Gasteiger partial charge in [0.1, 0.15) is 9.85 Å². The van der Waals surface area contributed by atoms with Crippen LogP contribution in [-0.2, 0) is 0 Å². The van der Waals surface area contributed by atoms with Crippen LogP contribution in [0.5, 0.6) is 0 Å². The Balaban J connectivity index is 2.60. The van der Waals surface area contributed by atoms with Crippen LogP contribution in [0.15, 0.2) is 35.4 Å². The van der Waals surface area contributed by atoms with E-state index in [1.807, 2.05) is 0 Å². The van der Waals surface area contributed by atoms with Gasteiger partial charge in [-0.15, -0.1) is 0 Å². The minimum Gasteiger partial charge on any atom is -0.278 e. The highest BCUT2D eigenvalue weighted by Gasteiger charge is 2.29. The van der Waals surface area contributed by atoms with E-state index in [-0.39, 0.29) is 0 Å². The van der Waals surface area contributed by atoms with Crippen molar-refractivity contribution in [2.75, 3.05) is 5.43 Å². The highest BCUT2D eigenvalue weighted by molar-refractivity contribution is 5.62. The van der Waals surface area contributed by atoms with Gasteiger partial charge >= 0.3 is 6.17 Å². The number of hydrazone groups is 1. The van der Waals surface area contributed by atoms with Crippen LogP contribution >= 0.6 is 0 Å². The van der Waals surface area contributed by atoms with Gasteiger partial charge < -0.3 is 0 Å². The first-order valence-electron chi connectivity index (χ1n) is 4.22. The van der Waals surface area contributed by atoms with Crippen molar-refractivity contribution in [1.29, 1.82) is 0 Å². The van der Waals surface area contributed by atoms with Gasteiger partial charge in [0.2, 0.25) is 0 Å². The molecule has 0 fully saturated rings. The Labute approximate surface area is 89.9 Å². The molecule has 16 heavy (non-hydrogen) atoms. The van der Waals surface area contributed by atoms with Crippen LogP contribution in [0.2, 0.25) is 0 Å². The Hall–Kier alpha value is -2.51. The molecule has 0 unspecified atom stereocenters. The Morgan fingerprint density at radius 2 is 1.75 bits per heavy atom. The summed E-state index contributed by atoms with van der Waals surface area (Å²) in [6.45, 7) is 0. The minimum atomic E-state index is -2.03. The standard InChI is InChI=1S/C8H8N4O4/c13-11(14)8(12(15)16)6-9-10-7-4-2-1-3-5-7/h1-6,8,10H. The van der Waals surface area contributed by atoms with Crippen LogP contribution in [-0.4, -0.2) is 22.2 Å². The number of anilines is 1. The molecule has 1 rings (SSSR count). The first-order chi connectivity index (χ1) is 7.61. The quantitative estimate of drug-likeness (QED) is 0.346. The van der Waals surface area contributed by atoms with Crippen LogP contribution in [0.4, 0.5) is 5.69 Å². The van der Waals surface area contributed by atoms with Crippen molar-refractivity contribution >= 4 is 11.9 Å². The van der Waals surface area contributed by atoms with Gasteiger partial charge in [-0.2, -0.15) is 5.10 Å². The molecular weight excluding hydrogens is 216 g/mol. The topological polar surface area (TPSA) is 111 Å². The zero-order valence-electron chi connectivity index (χ0n) is 8.02. The fourth-order valence-corrected chi connectivity index (χ4v) is 0.877. The van der Waals surface area contributed by atoms with Crippen molar-refractivity contribution in [3.8, 4) is 0 Å². The number of para-hydroxylation sites is 1. The number of hydrogen-bond acceptors (Lipinski definition) is 6.